The largest absolute Gasteiger partial charge is 0.494 e. The van der Waals surface area contributed by atoms with Crippen molar-refractivity contribution in [3.8, 4) is 5.75 Å². The van der Waals surface area contributed by atoms with E-state index in [1.54, 1.807) is 18.2 Å². The van der Waals surface area contributed by atoms with Gasteiger partial charge in [-0.25, -0.2) is 0 Å². The summed E-state index contributed by atoms with van der Waals surface area (Å²) in [6, 6.07) is 10.9. The fraction of sp³-hybridized carbons (Fsp3) is 0.188. The highest BCUT2D eigenvalue weighted by atomic mass is 35.5. The molecule has 0 aliphatic carbocycles. The molecule has 2 aromatic carbocycles. The van der Waals surface area contributed by atoms with Crippen molar-refractivity contribution in [1.82, 2.24) is 4.57 Å². The summed E-state index contributed by atoms with van der Waals surface area (Å²) in [6.45, 7) is 2.50. The molecule has 20 heavy (non-hydrogen) atoms. The molecule has 1 aromatic heterocycles. The number of benzene rings is 2. The summed E-state index contributed by atoms with van der Waals surface area (Å²) in [7, 11) is 1.93. The van der Waals surface area contributed by atoms with Crippen molar-refractivity contribution in [2.45, 2.75) is 6.92 Å². The van der Waals surface area contributed by atoms with E-state index in [1.165, 1.54) is 0 Å². The van der Waals surface area contributed by atoms with Crippen LogP contribution in [0.1, 0.15) is 6.92 Å². The van der Waals surface area contributed by atoms with Crippen molar-refractivity contribution >= 4 is 33.4 Å². The summed E-state index contributed by atoms with van der Waals surface area (Å²) in [5, 5.41) is 1.95. The van der Waals surface area contributed by atoms with E-state index in [4.69, 9.17) is 16.3 Å². The Morgan fingerprint density at radius 2 is 1.90 bits per heavy atom. The summed E-state index contributed by atoms with van der Waals surface area (Å²) >= 11 is 6.03. The van der Waals surface area contributed by atoms with E-state index < -0.39 is 0 Å². The number of ether oxygens (including phenoxy) is 1. The number of nitrogens with zero attached hydrogens (tertiary/aromatic N) is 1. The molecule has 3 nitrogen and oxygen atoms in total. The van der Waals surface area contributed by atoms with E-state index in [0.717, 1.165) is 11.0 Å². The van der Waals surface area contributed by atoms with Gasteiger partial charge in [0.25, 0.3) is 0 Å². The Bertz CT molecular complexity index is 868. The van der Waals surface area contributed by atoms with Gasteiger partial charge in [0.05, 0.1) is 17.6 Å². The van der Waals surface area contributed by atoms with Gasteiger partial charge in [-0.05, 0) is 43.3 Å². The minimum absolute atomic E-state index is 0.00585. The van der Waals surface area contributed by atoms with E-state index in [9.17, 15) is 4.79 Å². The molecule has 4 heteroatoms. The average molecular weight is 288 g/mol. The van der Waals surface area contributed by atoms with Crippen LogP contribution in [-0.2, 0) is 7.05 Å². The van der Waals surface area contributed by atoms with E-state index >= 15 is 0 Å². The van der Waals surface area contributed by atoms with Gasteiger partial charge in [-0.2, -0.15) is 0 Å². The lowest BCUT2D eigenvalue weighted by Gasteiger charge is -2.12. The number of rotatable bonds is 2. The van der Waals surface area contributed by atoms with Crippen LogP contribution in [-0.4, -0.2) is 11.2 Å². The quantitative estimate of drug-likeness (QED) is 0.672. The Morgan fingerprint density at radius 3 is 2.65 bits per heavy atom. The maximum atomic E-state index is 12.6. The van der Waals surface area contributed by atoms with Gasteiger partial charge in [0, 0.05) is 22.8 Å². The molecule has 0 fully saturated rings. The number of hydrogen-bond acceptors (Lipinski definition) is 2. The molecule has 0 saturated heterocycles. The molecule has 0 N–H and O–H groups in total. The highest BCUT2D eigenvalue weighted by molar-refractivity contribution is 6.31. The lowest BCUT2D eigenvalue weighted by molar-refractivity contribution is 0.340. The molecule has 0 aliphatic heterocycles. The maximum Gasteiger partial charge on any atom is 0.197 e. The first-order valence-corrected chi connectivity index (χ1v) is 6.84. The van der Waals surface area contributed by atoms with Crippen molar-refractivity contribution < 1.29 is 4.74 Å². The van der Waals surface area contributed by atoms with Crippen LogP contribution in [0.3, 0.4) is 0 Å². The third kappa shape index (κ3) is 1.95. The second kappa shape index (κ2) is 4.84. The molecule has 0 atom stereocenters. The molecule has 3 rings (SSSR count). The lowest BCUT2D eigenvalue weighted by atomic mass is 10.1. The maximum absolute atomic E-state index is 12.6. The Hall–Kier alpha value is -2.00. The minimum atomic E-state index is 0.00585. The molecule has 102 valence electrons. The number of aryl methyl sites for hydroxylation is 1. The van der Waals surface area contributed by atoms with Gasteiger partial charge < -0.3 is 9.30 Å². The van der Waals surface area contributed by atoms with Crippen molar-refractivity contribution in [2.24, 2.45) is 7.05 Å². The van der Waals surface area contributed by atoms with Crippen LogP contribution in [0, 0.1) is 0 Å². The molecule has 3 aromatic rings. The van der Waals surface area contributed by atoms with Gasteiger partial charge in [-0.3, -0.25) is 4.79 Å². The van der Waals surface area contributed by atoms with Crippen LogP contribution in [0.2, 0.25) is 5.02 Å². The fourth-order valence-electron chi connectivity index (χ4n) is 2.50. The Balaban J connectivity index is 2.45. The summed E-state index contributed by atoms with van der Waals surface area (Å²) < 4.78 is 7.45. The lowest BCUT2D eigenvalue weighted by Crippen LogP contribution is -2.09. The molecule has 0 amide bonds. The van der Waals surface area contributed by atoms with Crippen molar-refractivity contribution in [2.75, 3.05) is 6.61 Å². The van der Waals surface area contributed by atoms with Crippen LogP contribution in [0.4, 0.5) is 0 Å². The topological polar surface area (TPSA) is 31.2 Å². The standard InChI is InChI=1S/C16H14ClNO2/c1-3-20-11-5-7-14-13(9-11)16(19)12-6-4-10(17)8-15(12)18(14)2/h4-9H,3H2,1-2H3. The van der Waals surface area contributed by atoms with Crippen LogP contribution >= 0.6 is 11.6 Å². The van der Waals surface area contributed by atoms with E-state index in [2.05, 4.69) is 0 Å². The number of pyridine rings is 1. The summed E-state index contributed by atoms with van der Waals surface area (Å²) in [5.74, 6) is 0.713. The van der Waals surface area contributed by atoms with Crippen LogP contribution in [0.25, 0.3) is 21.8 Å². The highest BCUT2D eigenvalue weighted by Crippen LogP contribution is 2.24. The molecule has 0 saturated carbocycles. The van der Waals surface area contributed by atoms with Crippen molar-refractivity contribution in [3.63, 3.8) is 0 Å². The molecule has 0 radical (unpaired) electrons. The Kier molecular flexibility index (Phi) is 3.14. The van der Waals surface area contributed by atoms with Gasteiger partial charge in [0.1, 0.15) is 5.75 Å². The molecule has 0 unspecified atom stereocenters. The predicted octanol–water partition coefficient (Wildman–Crippen LogP) is 3.74. The van der Waals surface area contributed by atoms with E-state index in [0.29, 0.717) is 28.2 Å². The monoisotopic (exact) mass is 287 g/mol. The third-order valence-corrected chi connectivity index (χ3v) is 3.69. The van der Waals surface area contributed by atoms with Gasteiger partial charge in [0.2, 0.25) is 0 Å². The Morgan fingerprint density at radius 1 is 1.10 bits per heavy atom. The van der Waals surface area contributed by atoms with Crippen LogP contribution < -0.4 is 10.2 Å². The first-order valence-electron chi connectivity index (χ1n) is 6.46. The van der Waals surface area contributed by atoms with Gasteiger partial charge >= 0.3 is 0 Å². The summed E-state index contributed by atoms with van der Waals surface area (Å²) in [4.78, 5) is 12.6. The zero-order valence-electron chi connectivity index (χ0n) is 11.3. The average Bonchev–Trinajstić information content (AvgIpc) is 2.45. The fourth-order valence-corrected chi connectivity index (χ4v) is 2.66. The van der Waals surface area contributed by atoms with Crippen LogP contribution in [0.15, 0.2) is 41.2 Å². The minimum Gasteiger partial charge on any atom is -0.494 e. The normalized spacial score (nSPS) is 11.2. The van der Waals surface area contributed by atoms with Gasteiger partial charge in [0.15, 0.2) is 5.43 Å². The molecular weight excluding hydrogens is 274 g/mol. The van der Waals surface area contributed by atoms with Crippen molar-refractivity contribution in [1.29, 1.82) is 0 Å². The molecule has 0 aliphatic rings. The molecule has 0 spiro atoms. The van der Waals surface area contributed by atoms with E-state index in [-0.39, 0.29) is 5.43 Å². The Labute approximate surface area is 121 Å². The van der Waals surface area contributed by atoms with Gasteiger partial charge in [-0.15, -0.1) is 0 Å². The summed E-state index contributed by atoms with van der Waals surface area (Å²) in [5.41, 5.74) is 1.71. The number of hydrogen-bond donors (Lipinski definition) is 0. The van der Waals surface area contributed by atoms with E-state index in [1.807, 2.05) is 36.7 Å². The second-order valence-electron chi connectivity index (χ2n) is 4.66. The smallest absolute Gasteiger partial charge is 0.197 e. The zero-order chi connectivity index (χ0) is 14.3. The number of fused-ring (bicyclic) bond motifs is 2. The van der Waals surface area contributed by atoms with Crippen LogP contribution in [0.5, 0.6) is 5.75 Å². The second-order valence-corrected chi connectivity index (χ2v) is 5.10. The number of halogens is 1. The molecule has 0 bridgehead atoms. The highest BCUT2D eigenvalue weighted by Gasteiger charge is 2.10. The third-order valence-electron chi connectivity index (χ3n) is 3.45. The first kappa shape index (κ1) is 13.0. The molecule has 1 heterocycles. The number of aromatic nitrogens is 1. The summed E-state index contributed by atoms with van der Waals surface area (Å²) in [6.07, 6.45) is 0. The predicted molar refractivity (Wildman–Crippen MR) is 82.9 cm³/mol. The SMILES string of the molecule is CCOc1ccc2c(c1)c(=O)c1ccc(Cl)cc1n2C. The first-order chi connectivity index (χ1) is 9.61. The molecular formula is C16H14ClNO2. The van der Waals surface area contributed by atoms with Gasteiger partial charge in [-0.1, -0.05) is 11.6 Å². The van der Waals surface area contributed by atoms with Crippen molar-refractivity contribution in [3.05, 3.63) is 51.6 Å². The zero-order valence-corrected chi connectivity index (χ0v) is 12.1.